The van der Waals surface area contributed by atoms with Crippen molar-refractivity contribution in [1.82, 2.24) is 15.8 Å². The number of hydrogen-bond donors (Lipinski definition) is 4. The van der Waals surface area contributed by atoms with Crippen LogP contribution < -0.4 is 10.8 Å². The molecule has 7 rings (SSSR count). The Morgan fingerprint density at radius 3 is 2.09 bits per heavy atom. The minimum Gasteiger partial charge on any atom is -0.431 e. The van der Waals surface area contributed by atoms with Crippen molar-refractivity contribution in [2.45, 2.75) is 75.4 Å². The number of ether oxygens (including phenoxy) is 2. The molecule has 2 amide bonds. The topological polar surface area (TPSA) is 143 Å². The molecule has 10 nitrogen and oxygen atoms in total. The zero-order chi connectivity index (χ0) is 40.1. The van der Waals surface area contributed by atoms with Crippen molar-refractivity contribution in [1.29, 1.82) is 0 Å². The molecule has 0 aliphatic carbocycles. The van der Waals surface area contributed by atoms with Gasteiger partial charge in [-0.3, -0.25) is 14.8 Å². The smallest absolute Gasteiger partial charge is 0.256 e. The number of aliphatic hydroxyl groups excluding tert-OH is 1. The summed E-state index contributed by atoms with van der Waals surface area (Å²) < 4.78 is 19.8. The Balaban J connectivity index is 1.05. The van der Waals surface area contributed by atoms with Gasteiger partial charge in [-0.05, 0) is 52.8 Å². The molecule has 58 heavy (non-hydrogen) atoms. The minimum atomic E-state index is -0.647. The van der Waals surface area contributed by atoms with Crippen LogP contribution >= 0.6 is 11.8 Å². The van der Waals surface area contributed by atoms with Crippen LogP contribution in [0.3, 0.4) is 0 Å². The van der Waals surface area contributed by atoms with Crippen molar-refractivity contribution in [3.63, 3.8) is 0 Å². The second kappa shape index (κ2) is 20.2. The molecule has 1 aliphatic rings. The highest BCUT2D eigenvalue weighted by molar-refractivity contribution is 7.99. The number of benzene rings is 5. The molecule has 1 aliphatic heterocycles. The normalized spacial score (nSPS) is 16.5. The highest BCUT2D eigenvalue weighted by atomic mass is 32.2. The van der Waals surface area contributed by atoms with Crippen LogP contribution in [-0.2, 0) is 32.2 Å². The van der Waals surface area contributed by atoms with E-state index in [2.05, 4.69) is 23.5 Å². The van der Waals surface area contributed by atoms with Gasteiger partial charge in [0.2, 0.25) is 11.8 Å². The highest BCUT2D eigenvalue weighted by Gasteiger charge is 2.33. The SMILES string of the molecule is O=C(CCCCCC(=O)NCc1cccc(-c2cccc(C3OC(CSc4nc(-c5ccccc5)c(-c5ccccc5)o4)CC(c4ccc(CO)cc4)O3)c2)c1)NO. The van der Waals surface area contributed by atoms with E-state index < -0.39 is 12.2 Å². The average molecular weight is 798 g/mol. The number of hydroxylamine groups is 1. The summed E-state index contributed by atoms with van der Waals surface area (Å²) in [5, 5.41) is 21.9. The van der Waals surface area contributed by atoms with Crippen LogP contribution in [0.2, 0.25) is 0 Å². The van der Waals surface area contributed by atoms with Gasteiger partial charge < -0.3 is 24.3 Å². The van der Waals surface area contributed by atoms with E-state index >= 15 is 0 Å². The molecule has 1 aromatic heterocycles. The van der Waals surface area contributed by atoms with Crippen molar-refractivity contribution in [3.05, 3.63) is 156 Å². The van der Waals surface area contributed by atoms with Gasteiger partial charge in [-0.15, -0.1) is 0 Å². The van der Waals surface area contributed by atoms with Crippen LogP contribution in [0.4, 0.5) is 0 Å². The first-order valence-corrected chi connectivity index (χ1v) is 20.6. The van der Waals surface area contributed by atoms with E-state index in [1.165, 1.54) is 11.8 Å². The molecule has 1 saturated heterocycles. The summed E-state index contributed by atoms with van der Waals surface area (Å²) in [6.45, 7) is 0.368. The zero-order valence-electron chi connectivity index (χ0n) is 32.1. The Morgan fingerprint density at radius 1 is 0.690 bits per heavy atom. The Bertz CT molecular complexity index is 2190. The third-order valence-electron chi connectivity index (χ3n) is 10.0. The summed E-state index contributed by atoms with van der Waals surface area (Å²) in [5.74, 6) is 0.850. The number of hydrogen-bond acceptors (Lipinski definition) is 9. The fourth-order valence-electron chi connectivity index (χ4n) is 6.94. The van der Waals surface area contributed by atoms with Gasteiger partial charge >= 0.3 is 0 Å². The fraction of sp³-hybridized carbons (Fsp3) is 0.255. The van der Waals surface area contributed by atoms with Gasteiger partial charge in [0.15, 0.2) is 12.1 Å². The standard InChI is InChI=1S/C47H47N3O7S/c51-30-32-22-24-34(25-23-32)41-28-40(31-58-47-49-44(35-13-4-1-5-14-35)45(57-47)36-15-6-2-7-16-36)55-46(56-41)39-19-11-18-38(27-39)37-17-10-12-33(26-37)29-48-42(52)20-8-3-9-21-43(53)50-54/h1-2,4-7,10-19,22-27,40-41,46,51,54H,3,8-9,20-21,28-31H2,(H,48,52)(H,50,53). The largest absolute Gasteiger partial charge is 0.431 e. The number of aromatic nitrogens is 1. The van der Waals surface area contributed by atoms with Crippen molar-refractivity contribution >= 4 is 23.6 Å². The van der Waals surface area contributed by atoms with Crippen LogP contribution in [0.15, 0.2) is 143 Å². The number of carbonyl (C=O) groups excluding carboxylic acids is 2. The van der Waals surface area contributed by atoms with E-state index in [1.54, 1.807) is 5.48 Å². The van der Waals surface area contributed by atoms with Crippen molar-refractivity contribution in [2.75, 3.05) is 5.75 Å². The van der Waals surface area contributed by atoms with Crippen LogP contribution in [0.1, 0.15) is 73.2 Å². The number of unbranched alkanes of at least 4 members (excludes halogenated alkanes) is 2. The van der Waals surface area contributed by atoms with Crippen LogP contribution in [-0.4, -0.2) is 39.0 Å². The number of thioether (sulfide) groups is 1. The van der Waals surface area contributed by atoms with E-state index in [1.807, 2.05) is 115 Å². The minimum absolute atomic E-state index is 0.0295. The number of nitrogens with zero attached hydrogens (tertiary/aromatic N) is 1. The predicted octanol–water partition coefficient (Wildman–Crippen LogP) is 9.58. The Labute approximate surface area is 342 Å². The first-order chi connectivity index (χ1) is 28.4. The molecule has 0 spiro atoms. The van der Waals surface area contributed by atoms with Gasteiger partial charge in [-0.2, -0.15) is 0 Å². The van der Waals surface area contributed by atoms with Crippen LogP contribution in [0, 0.1) is 0 Å². The lowest BCUT2D eigenvalue weighted by molar-refractivity contribution is -0.245. The molecular weight excluding hydrogens is 751 g/mol. The number of oxazole rings is 1. The van der Waals surface area contributed by atoms with Gasteiger partial charge in [0.25, 0.3) is 5.22 Å². The fourth-order valence-corrected chi connectivity index (χ4v) is 7.79. The van der Waals surface area contributed by atoms with Crippen LogP contribution in [0.5, 0.6) is 0 Å². The number of nitrogens with one attached hydrogen (secondary N) is 2. The number of rotatable bonds is 17. The lowest BCUT2D eigenvalue weighted by Crippen LogP contribution is -2.31. The summed E-state index contributed by atoms with van der Waals surface area (Å²) in [5.41, 5.74) is 10.1. The zero-order valence-corrected chi connectivity index (χ0v) is 32.9. The van der Waals surface area contributed by atoms with E-state index in [-0.39, 0.29) is 31.1 Å². The van der Waals surface area contributed by atoms with E-state index in [9.17, 15) is 14.7 Å². The average Bonchev–Trinajstić information content (AvgIpc) is 3.72. The van der Waals surface area contributed by atoms with Gasteiger partial charge in [-0.25, -0.2) is 10.5 Å². The number of aliphatic hydroxyl groups is 1. The third kappa shape index (κ3) is 10.9. The molecule has 0 saturated carbocycles. The Morgan fingerprint density at radius 2 is 1.36 bits per heavy atom. The maximum Gasteiger partial charge on any atom is 0.256 e. The summed E-state index contributed by atoms with van der Waals surface area (Å²) in [4.78, 5) is 28.7. The quantitative estimate of drug-likeness (QED) is 0.0307. The van der Waals surface area contributed by atoms with Crippen molar-refractivity contribution in [3.8, 4) is 33.7 Å². The molecule has 11 heteroatoms. The van der Waals surface area contributed by atoms with Crippen LogP contribution in [0.25, 0.3) is 33.7 Å². The lowest BCUT2D eigenvalue weighted by Gasteiger charge is -2.36. The first-order valence-electron chi connectivity index (χ1n) is 19.6. The van der Waals surface area contributed by atoms with Crippen molar-refractivity contribution in [2.24, 2.45) is 0 Å². The first kappa shape index (κ1) is 40.6. The predicted molar refractivity (Wildman–Crippen MR) is 223 cm³/mol. The van der Waals surface area contributed by atoms with E-state index in [0.29, 0.717) is 43.2 Å². The molecule has 0 radical (unpaired) electrons. The summed E-state index contributed by atoms with van der Waals surface area (Å²) in [6, 6.07) is 44.2. The second-order valence-electron chi connectivity index (χ2n) is 14.2. The van der Waals surface area contributed by atoms with Gasteiger partial charge in [0, 0.05) is 48.3 Å². The summed E-state index contributed by atoms with van der Waals surface area (Å²) in [6.07, 6.45) is 2.14. The van der Waals surface area contributed by atoms with Gasteiger partial charge in [0.1, 0.15) is 5.69 Å². The number of amides is 2. The molecule has 3 unspecified atom stereocenters. The van der Waals surface area contributed by atoms with Crippen molar-refractivity contribution < 1.29 is 33.8 Å². The molecule has 3 atom stereocenters. The van der Waals surface area contributed by atoms with Gasteiger partial charge in [0.05, 0.1) is 18.8 Å². The molecule has 5 aromatic carbocycles. The third-order valence-corrected chi connectivity index (χ3v) is 11.0. The monoisotopic (exact) mass is 797 g/mol. The highest BCUT2D eigenvalue weighted by Crippen LogP contribution is 2.41. The lowest BCUT2D eigenvalue weighted by atomic mass is 9.99. The molecule has 6 aromatic rings. The maximum absolute atomic E-state index is 12.5. The van der Waals surface area contributed by atoms with E-state index in [0.717, 1.165) is 62.4 Å². The summed E-state index contributed by atoms with van der Waals surface area (Å²) in [7, 11) is 0. The molecule has 1 fully saturated rings. The molecular formula is C47H47N3O7S. The molecule has 2 heterocycles. The molecule has 298 valence electrons. The second-order valence-corrected chi connectivity index (χ2v) is 15.2. The van der Waals surface area contributed by atoms with E-state index in [4.69, 9.17) is 24.1 Å². The molecule has 4 N–H and O–H groups in total. The Kier molecular flexibility index (Phi) is 14.2. The van der Waals surface area contributed by atoms with Gasteiger partial charge in [-0.1, -0.05) is 140 Å². The number of carbonyl (C=O) groups is 2. The Hall–Kier alpha value is -5.56. The summed E-state index contributed by atoms with van der Waals surface area (Å²) >= 11 is 1.52. The maximum atomic E-state index is 12.5. The molecule has 0 bridgehead atoms.